The maximum Gasteiger partial charge on any atom is 0.242 e. The van der Waals surface area contributed by atoms with Crippen LogP contribution in [0.1, 0.15) is 45.4 Å². The molecule has 0 aromatic carbocycles. The van der Waals surface area contributed by atoms with Crippen molar-refractivity contribution in [1.82, 2.24) is 4.90 Å². The third-order valence-corrected chi connectivity index (χ3v) is 4.46. The van der Waals surface area contributed by atoms with Gasteiger partial charge in [0.1, 0.15) is 5.41 Å². The predicted octanol–water partition coefficient (Wildman–Crippen LogP) is 2.57. The van der Waals surface area contributed by atoms with Gasteiger partial charge in [0.25, 0.3) is 0 Å². The van der Waals surface area contributed by atoms with Gasteiger partial charge >= 0.3 is 0 Å². The summed E-state index contributed by atoms with van der Waals surface area (Å²) in [4.78, 5) is 14.2. The molecule has 2 saturated carbocycles. The molecule has 0 saturated heterocycles. The highest BCUT2D eigenvalue weighted by molar-refractivity contribution is 5.85. The van der Waals surface area contributed by atoms with Gasteiger partial charge in [-0.15, -0.1) is 0 Å². The molecular formula is C14H22N2O. The largest absolute Gasteiger partial charge is 0.344 e. The molecule has 94 valence electrons. The van der Waals surface area contributed by atoms with Gasteiger partial charge < -0.3 is 4.90 Å². The number of rotatable bonds is 3. The molecule has 0 aromatic rings. The summed E-state index contributed by atoms with van der Waals surface area (Å²) in [7, 11) is 1.86. The van der Waals surface area contributed by atoms with Crippen molar-refractivity contribution in [2.24, 2.45) is 17.3 Å². The number of hydrogen-bond donors (Lipinski definition) is 0. The van der Waals surface area contributed by atoms with Crippen molar-refractivity contribution in [3.8, 4) is 6.07 Å². The summed E-state index contributed by atoms with van der Waals surface area (Å²) in [5, 5.41) is 9.37. The molecule has 2 atom stereocenters. The molecule has 3 nitrogen and oxygen atoms in total. The Bertz CT molecular complexity index is 339. The molecule has 0 radical (unpaired) electrons. The van der Waals surface area contributed by atoms with Crippen LogP contribution < -0.4 is 0 Å². The average molecular weight is 234 g/mol. The van der Waals surface area contributed by atoms with Crippen LogP contribution in [0.4, 0.5) is 0 Å². The third kappa shape index (κ3) is 2.46. The Morgan fingerprint density at radius 2 is 2.00 bits per heavy atom. The quantitative estimate of drug-likeness (QED) is 0.753. The van der Waals surface area contributed by atoms with Crippen LogP contribution in [-0.2, 0) is 4.79 Å². The predicted molar refractivity (Wildman–Crippen MR) is 66.0 cm³/mol. The Labute approximate surface area is 104 Å². The maximum absolute atomic E-state index is 12.4. The van der Waals surface area contributed by atoms with E-state index in [2.05, 4.69) is 13.0 Å². The lowest BCUT2D eigenvalue weighted by Gasteiger charge is -2.33. The van der Waals surface area contributed by atoms with Gasteiger partial charge in [-0.25, -0.2) is 0 Å². The molecule has 2 rings (SSSR count). The zero-order chi connectivity index (χ0) is 12.5. The van der Waals surface area contributed by atoms with Crippen molar-refractivity contribution in [3.63, 3.8) is 0 Å². The second-order valence-corrected chi connectivity index (χ2v) is 5.91. The molecule has 2 unspecified atom stereocenters. The molecule has 1 amide bonds. The number of carbonyl (C=O) groups excluding carboxylic acids is 1. The molecule has 0 N–H and O–H groups in total. The minimum Gasteiger partial charge on any atom is -0.344 e. The summed E-state index contributed by atoms with van der Waals surface area (Å²) in [6.45, 7) is 3.06. The van der Waals surface area contributed by atoms with Crippen molar-refractivity contribution in [3.05, 3.63) is 0 Å². The Morgan fingerprint density at radius 3 is 2.47 bits per heavy atom. The van der Waals surface area contributed by atoms with Crippen LogP contribution in [0.25, 0.3) is 0 Å². The number of nitrogens with zero attached hydrogens (tertiary/aromatic N) is 2. The van der Waals surface area contributed by atoms with Crippen LogP contribution in [0.3, 0.4) is 0 Å². The highest BCUT2D eigenvalue weighted by Gasteiger charge is 2.43. The highest BCUT2D eigenvalue weighted by Crippen LogP contribution is 2.40. The Morgan fingerprint density at radius 1 is 1.41 bits per heavy atom. The molecule has 0 spiro atoms. The van der Waals surface area contributed by atoms with Gasteiger partial charge in [-0.3, -0.25) is 4.79 Å². The van der Waals surface area contributed by atoms with E-state index >= 15 is 0 Å². The summed E-state index contributed by atoms with van der Waals surface area (Å²) >= 11 is 0. The fourth-order valence-corrected chi connectivity index (χ4v) is 2.98. The number of amides is 1. The van der Waals surface area contributed by atoms with E-state index in [0.29, 0.717) is 5.92 Å². The van der Waals surface area contributed by atoms with Crippen LogP contribution in [0, 0.1) is 28.6 Å². The van der Waals surface area contributed by atoms with E-state index in [-0.39, 0.29) is 5.91 Å². The van der Waals surface area contributed by atoms with Crippen LogP contribution in [-0.4, -0.2) is 24.4 Å². The third-order valence-electron chi connectivity index (χ3n) is 4.46. The van der Waals surface area contributed by atoms with Crippen molar-refractivity contribution >= 4 is 5.91 Å². The van der Waals surface area contributed by atoms with E-state index in [1.54, 1.807) is 0 Å². The number of carbonyl (C=O) groups is 1. The summed E-state index contributed by atoms with van der Waals surface area (Å²) in [6.07, 6.45) is 5.96. The fourth-order valence-electron chi connectivity index (χ4n) is 2.98. The van der Waals surface area contributed by atoms with Gasteiger partial charge in [0.05, 0.1) is 6.07 Å². The molecule has 3 heteroatoms. The van der Waals surface area contributed by atoms with Gasteiger partial charge in [0.2, 0.25) is 5.91 Å². The second-order valence-electron chi connectivity index (χ2n) is 5.91. The summed E-state index contributed by atoms with van der Waals surface area (Å²) in [5.41, 5.74) is -0.703. The first kappa shape index (κ1) is 12.4. The van der Waals surface area contributed by atoms with Gasteiger partial charge in [-0.2, -0.15) is 5.26 Å². The van der Waals surface area contributed by atoms with E-state index < -0.39 is 5.41 Å². The Kier molecular flexibility index (Phi) is 3.42. The zero-order valence-corrected chi connectivity index (χ0v) is 10.9. The molecule has 2 aliphatic carbocycles. The molecule has 17 heavy (non-hydrogen) atoms. The summed E-state index contributed by atoms with van der Waals surface area (Å²) < 4.78 is 0. The van der Waals surface area contributed by atoms with Crippen molar-refractivity contribution in [2.45, 2.75) is 45.4 Å². The Balaban J connectivity index is 1.98. The fraction of sp³-hybridized carbons (Fsp3) is 0.857. The van der Waals surface area contributed by atoms with E-state index in [0.717, 1.165) is 38.1 Å². The van der Waals surface area contributed by atoms with E-state index in [1.807, 2.05) is 11.9 Å². The minimum absolute atomic E-state index is 0.0683. The normalized spacial score (nSPS) is 30.4. The first-order valence-electron chi connectivity index (χ1n) is 6.76. The topological polar surface area (TPSA) is 44.1 Å². The summed E-state index contributed by atoms with van der Waals surface area (Å²) in [5.74, 6) is 1.50. The lowest BCUT2D eigenvalue weighted by Crippen LogP contribution is -2.43. The smallest absolute Gasteiger partial charge is 0.242 e. The maximum atomic E-state index is 12.4. The van der Waals surface area contributed by atoms with E-state index in [1.165, 1.54) is 12.8 Å². The van der Waals surface area contributed by atoms with Crippen LogP contribution in [0.15, 0.2) is 0 Å². The SMILES string of the molecule is CC1CC1CN(C)C(=O)C1(C#N)CCCCC1. The monoisotopic (exact) mass is 234 g/mol. The zero-order valence-electron chi connectivity index (χ0n) is 10.9. The Hall–Kier alpha value is -1.04. The lowest BCUT2D eigenvalue weighted by molar-refractivity contribution is -0.139. The molecule has 2 fully saturated rings. The van der Waals surface area contributed by atoms with Crippen molar-refractivity contribution in [2.75, 3.05) is 13.6 Å². The molecular weight excluding hydrogens is 212 g/mol. The van der Waals surface area contributed by atoms with Crippen LogP contribution >= 0.6 is 0 Å². The number of hydrogen-bond acceptors (Lipinski definition) is 2. The molecule has 0 heterocycles. The summed E-state index contributed by atoms with van der Waals surface area (Å²) in [6, 6.07) is 2.31. The van der Waals surface area contributed by atoms with Gasteiger partial charge in [0.15, 0.2) is 0 Å². The highest BCUT2D eigenvalue weighted by atomic mass is 16.2. The molecule has 0 bridgehead atoms. The lowest BCUT2D eigenvalue weighted by atomic mass is 9.74. The molecule has 0 aromatic heterocycles. The van der Waals surface area contributed by atoms with Gasteiger partial charge in [0, 0.05) is 13.6 Å². The molecule has 2 aliphatic rings. The second kappa shape index (κ2) is 4.68. The van der Waals surface area contributed by atoms with E-state index in [4.69, 9.17) is 0 Å². The minimum atomic E-state index is -0.703. The molecule has 0 aliphatic heterocycles. The van der Waals surface area contributed by atoms with Crippen LogP contribution in [0.2, 0.25) is 0 Å². The van der Waals surface area contributed by atoms with Crippen LogP contribution in [0.5, 0.6) is 0 Å². The van der Waals surface area contributed by atoms with Crippen molar-refractivity contribution in [1.29, 1.82) is 5.26 Å². The van der Waals surface area contributed by atoms with E-state index in [9.17, 15) is 10.1 Å². The van der Waals surface area contributed by atoms with Crippen molar-refractivity contribution < 1.29 is 4.79 Å². The number of nitriles is 1. The van der Waals surface area contributed by atoms with Gasteiger partial charge in [-0.1, -0.05) is 26.2 Å². The van der Waals surface area contributed by atoms with Gasteiger partial charge in [-0.05, 0) is 31.1 Å². The standard InChI is InChI=1S/C14H22N2O/c1-11-8-12(11)9-16(2)13(17)14(10-15)6-4-3-5-7-14/h11-12H,3-9H2,1-2H3. The average Bonchev–Trinajstić information content (AvgIpc) is 3.04. The first-order valence-corrected chi connectivity index (χ1v) is 6.76. The first-order chi connectivity index (χ1) is 8.09.